The number of halogens is 3. The summed E-state index contributed by atoms with van der Waals surface area (Å²) in [5.74, 6) is -3.81. The molecule has 0 spiro atoms. The first-order chi connectivity index (χ1) is 12.4. The molecule has 1 fully saturated rings. The molecule has 136 valence electrons. The third kappa shape index (κ3) is 4.32. The summed E-state index contributed by atoms with van der Waals surface area (Å²) in [7, 11) is 0. The Morgan fingerprint density at radius 2 is 2.08 bits per heavy atom. The van der Waals surface area contributed by atoms with Gasteiger partial charge >= 0.3 is 0 Å². The summed E-state index contributed by atoms with van der Waals surface area (Å²) < 4.78 is 27.0. The van der Waals surface area contributed by atoms with Gasteiger partial charge in [0.05, 0.1) is 24.2 Å². The number of pyridine rings is 1. The molecule has 1 saturated heterocycles. The molecule has 1 aromatic carbocycles. The van der Waals surface area contributed by atoms with Gasteiger partial charge in [0.15, 0.2) is 0 Å². The Bertz CT molecular complexity index is 852. The monoisotopic (exact) mass is 424 g/mol. The summed E-state index contributed by atoms with van der Waals surface area (Å²) in [5, 5.41) is 9.64. The Morgan fingerprint density at radius 3 is 2.73 bits per heavy atom. The highest BCUT2D eigenvalue weighted by molar-refractivity contribution is 9.10. The number of nitrogens with zero attached hydrogens (tertiary/aromatic N) is 3. The molecular weight excluding hydrogens is 410 g/mol. The van der Waals surface area contributed by atoms with E-state index in [0.717, 1.165) is 4.90 Å². The fourth-order valence-electron chi connectivity index (χ4n) is 2.66. The first kappa shape index (κ1) is 19.7. The third-order valence-corrected chi connectivity index (χ3v) is 4.54. The van der Waals surface area contributed by atoms with Gasteiger partial charge in [-0.25, -0.2) is 14.0 Å². The molecule has 9 heteroatoms. The van der Waals surface area contributed by atoms with Gasteiger partial charge < -0.3 is 10.2 Å². The number of carbonyl (C=O) groups excluding carboxylic acids is 2. The summed E-state index contributed by atoms with van der Waals surface area (Å²) in [4.78, 5) is 29.6. The second-order valence-electron chi connectivity index (χ2n) is 5.60. The van der Waals surface area contributed by atoms with Crippen molar-refractivity contribution in [1.29, 1.82) is 5.26 Å². The van der Waals surface area contributed by atoms with Crippen molar-refractivity contribution in [3.63, 3.8) is 0 Å². The Balaban J connectivity index is 0.00000117. The molecule has 6 nitrogen and oxygen atoms in total. The summed E-state index contributed by atoms with van der Waals surface area (Å²) in [5.41, 5.74) is 1.01. The average molecular weight is 425 g/mol. The fraction of sp³-hybridized carbons (Fsp3) is 0.294. The minimum absolute atomic E-state index is 0.00540. The number of rotatable bonds is 3. The molecule has 2 heterocycles. The molecule has 1 aromatic heterocycles. The van der Waals surface area contributed by atoms with Crippen molar-refractivity contribution >= 4 is 38.6 Å². The first-order valence-electron chi connectivity index (χ1n) is 7.60. The van der Waals surface area contributed by atoms with Crippen LogP contribution in [0.15, 0.2) is 34.9 Å². The topological polar surface area (TPSA) is 86.1 Å². The van der Waals surface area contributed by atoms with Gasteiger partial charge in [0.25, 0.3) is 11.8 Å². The highest BCUT2D eigenvalue weighted by Crippen LogP contribution is 2.27. The van der Waals surface area contributed by atoms with Crippen LogP contribution < -0.4 is 5.32 Å². The first-order valence-corrected chi connectivity index (χ1v) is 8.39. The van der Waals surface area contributed by atoms with E-state index in [2.05, 4.69) is 32.8 Å². The SMILES string of the molecule is C#N.O=C(NCC(=O)N1CCC(F)(F)C1)c1ccnc2cccc(Br)c12. The van der Waals surface area contributed by atoms with Crippen molar-refractivity contribution in [2.24, 2.45) is 0 Å². The number of nitriles is 1. The quantitative estimate of drug-likeness (QED) is 0.820. The largest absolute Gasteiger partial charge is 0.343 e. The lowest BCUT2D eigenvalue weighted by molar-refractivity contribution is -0.130. The number of likely N-dealkylation sites (tertiary alicyclic amines) is 1. The minimum Gasteiger partial charge on any atom is -0.343 e. The molecule has 3 rings (SSSR count). The number of amides is 2. The van der Waals surface area contributed by atoms with E-state index in [1.807, 2.05) is 0 Å². The van der Waals surface area contributed by atoms with E-state index in [0.29, 0.717) is 20.9 Å². The van der Waals surface area contributed by atoms with Gasteiger partial charge in [-0.3, -0.25) is 14.6 Å². The van der Waals surface area contributed by atoms with E-state index < -0.39 is 24.3 Å². The third-order valence-electron chi connectivity index (χ3n) is 3.88. The zero-order chi connectivity index (χ0) is 19.3. The maximum absolute atomic E-state index is 13.1. The summed E-state index contributed by atoms with van der Waals surface area (Å²) in [6.07, 6.45) is 1.17. The van der Waals surface area contributed by atoms with E-state index in [1.54, 1.807) is 24.3 Å². The van der Waals surface area contributed by atoms with Crippen molar-refractivity contribution in [2.75, 3.05) is 19.6 Å². The van der Waals surface area contributed by atoms with Crippen molar-refractivity contribution < 1.29 is 18.4 Å². The molecule has 1 N–H and O–H groups in total. The van der Waals surface area contributed by atoms with Gasteiger partial charge in [0.1, 0.15) is 0 Å². The van der Waals surface area contributed by atoms with Crippen molar-refractivity contribution in [3.8, 4) is 6.57 Å². The second-order valence-corrected chi connectivity index (χ2v) is 6.45. The van der Waals surface area contributed by atoms with Crippen LogP contribution in [0.5, 0.6) is 0 Å². The van der Waals surface area contributed by atoms with Gasteiger partial charge in [-0.2, -0.15) is 0 Å². The van der Waals surface area contributed by atoms with Gasteiger partial charge in [-0.15, -0.1) is 0 Å². The Labute approximate surface area is 156 Å². The van der Waals surface area contributed by atoms with Crippen LogP contribution in [0.25, 0.3) is 10.9 Å². The van der Waals surface area contributed by atoms with E-state index in [4.69, 9.17) is 5.26 Å². The molecule has 0 radical (unpaired) electrons. The smallest absolute Gasteiger partial charge is 0.267 e. The zero-order valence-corrected chi connectivity index (χ0v) is 15.2. The van der Waals surface area contributed by atoms with Crippen LogP contribution >= 0.6 is 15.9 Å². The summed E-state index contributed by atoms with van der Waals surface area (Å²) in [6.45, 7) is 2.60. The fourth-order valence-corrected chi connectivity index (χ4v) is 3.23. The maximum Gasteiger partial charge on any atom is 0.267 e. The highest BCUT2D eigenvalue weighted by Gasteiger charge is 2.40. The maximum atomic E-state index is 13.1. The lowest BCUT2D eigenvalue weighted by Gasteiger charge is -2.16. The van der Waals surface area contributed by atoms with Gasteiger partial charge in [0.2, 0.25) is 5.91 Å². The number of fused-ring (bicyclic) bond motifs is 1. The van der Waals surface area contributed by atoms with Crippen LogP contribution in [0.3, 0.4) is 0 Å². The van der Waals surface area contributed by atoms with Crippen LogP contribution in [0.1, 0.15) is 16.8 Å². The van der Waals surface area contributed by atoms with Crippen LogP contribution in [0, 0.1) is 11.8 Å². The summed E-state index contributed by atoms with van der Waals surface area (Å²) in [6, 6.07) is 6.92. The number of carbonyl (C=O) groups is 2. The summed E-state index contributed by atoms with van der Waals surface area (Å²) >= 11 is 3.38. The second kappa shape index (κ2) is 8.19. The molecule has 0 bridgehead atoms. The van der Waals surface area contributed by atoms with Crippen molar-refractivity contribution in [3.05, 3.63) is 40.5 Å². The molecule has 0 atom stereocenters. The standard InChI is InChI=1S/C16H14BrF2N3O2.CHN/c17-11-2-1-3-12-14(11)10(4-6-20-12)15(24)21-8-13(23)22-7-5-16(18,19)9-22;1-2/h1-4,6H,5,7-9H2,(H,21,24);1H. The number of benzene rings is 1. The van der Waals surface area contributed by atoms with Crippen LogP contribution in [-0.2, 0) is 4.79 Å². The predicted molar refractivity (Wildman–Crippen MR) is 94.6 cm³/mol. The van der Waals surface area contributed by atoms with Gasteiger partial charge in [-0.05, 0) is 18.2 Å². The van der Waals surface area contributed by atoms with Crippen molar-refractivity contribution in [1.82, 2.24) is 15.2 Å². The Morgan fingerprint density at radius 1 is 1.35 bits per heavy atom. The molecule has 0 saturated carbocycles. The minimum atomic E-state index is -2.84. The number of aromatic nitrogens is 1. The normalized spacial score (nSPS) is 15.2. The molecule has 1 aliphatic heterocycles. The highest BCUT2D eigenvalue weighted by atomic mass is 79.9. The number of alkyl halides is 2. The van der Waals surface area contributed by atoms with Crippen LogP contribution in [-0.4, -0.2) is 47.3 Å². The Kier molecular flexibility index (Phi) is 6.21. The van der Waals surface area contributed by atoms with E-state index in [-0.39, 0.29) is 19.5 Å². The van der Waals surface area contributed by atoms with Gasteiger partial charge in [0, 0.05) is 35.6 Å². The van der Waals surface area contributed by atoms with Gasteiger partial charge in [-0.1, -0.05) is 22.0 Å². The molecule has 26 heavy (non-hydrogen) atoms. The van der Waals surface area contributed by atoms with E-state index >= 15 is 0 Å². The predicted octanol–water partition coefficient (Wildman–Crippen LogP) is 2.73. The molecule has 0 aliphatic carbocycles. The zero-order valence-electron chi connectivity index (χ0n) is 13.6. The van der Waals surface area contributed by atoms with E-state index in [9.17, 15) is 18.4 Å². The number of hydrogen-bond donors (Lipinski definition) is 1. The van der Waals surface area contributed by atoms with Crippen LogP contribution in [0.2, 0.25) is 0 Å². The lowest BCUT2D eigenvalue weighted by atomic mass is 10.1. The van der Waals surface area contributed by atoms with Crippen molar-refractivity contribution in [2.45, 2.75) is 12.3 Å². The molecule has 1 aliphatic rings. The molecular formula is C17H15BrF2N4O2. The number of hydrogen-bond acceptors (Lipinski definition) is 4. The lowest BCUT2D eigenvalue weighted by Crippen LogP contribution is -2.40. The van der Waals surface area contributed by atoms with E-state index in [1.165, 1.54) is 6.20 Å². The molecule has 2 amide bonds. The molecule has 0 unspecified atom stereocenters. The Hall–Kier alpha value is -2.60. The molecule has 2 aromatic rings. The number of nitrogens with one attached hydrogen (secondary N) is 1. The average Bonchev–Trinajstić information content (AvgIpc) is 3.01. The van der Waals surface area contributed by atoms with Crippen LogP contribution in [0.4, 0.5) is 8.78 Å².